The molecule has 19 heavy (non-hydrogen) atoms. The first kappa shape index (κ1) is 15.7. The number of carbonyl (C=O) groups excluding carboxylic acids is 1. The van der Waals surface area contributed by atoms with E-state index in [-0.39, 0.29) is 11.9 Å². The number of aryl methyl sites for hydroxylation is 1. The molecule has 106 valence electrons. The Labute approximate surface area is 116 Å². The zero-order valence-electron chi connectivity index (χ0n) is 12.5. The normalized spacial score (nSPS) is 12.5. The molecule has 0 spiro atoms. The van der Waals surface area contributed by atoms with Crippen molar-refractivity contribution in [1.82, 2.24) is 10.6 Å². The number of benzene rings is 1. The smallest absolute Gasteiger partial charge is 0.236 e. The lowest BCUT2D eigenvalue weighted by Crippen LogP contribution is -2.43. The second kappa shape index (κ2) is 7.95. The Kier molecular flexibility index (Phi) is 6.57. The molecule has 1 aromatic rings. The molecule has 3 nitrogen and oxygen atoms in total. The average molecular weight is 262 g/mol. The molecular weight excluding hydrogens is 236 g/mol. The van der Waals surface area contributed by atoms with E-state index in [1.165, 1.54) is 11.1 Å². The number of carbonyl (C=O) groups is 1. The van der Waals surface area contributed by atoms with Gasteiger partial charge in [0, 0.05) is 13.6 Å². The SMILES string of the molecule is CCc1ccccc1CNC(CC(C)C)C(=O)NC. The van der Waals surface area contributed by atoms with Gasteiger partial charge in [-0.3, -0.25) is 4.79 Å². The molecule has 1 rings (SSSR count). The fourth-order valence-corrected chi connectivity index (χ4v) is 2.24. The molecule has 0 aromatic heterocycles. The fourth-order valence-electron chi connectivity index (χ4n) is 2.24. The van der Waals surface area contributed by atoms with Crippen LogP contribution in [-0.2, 0) is 17.8 Å². The van der Waals surface area contributed by atoms with Gasteiger partial charge in [-0.15, -0.1) is 0 Å². The summed E-state index contributed by atoms with van der Waals surface area (Å²) in [5.41, 5.74) is 2.62. The number of rotatable bonds is 7. The van der Waals surface area contributed by atoms with E-state index in [4.69, 9.17) is 0 Å². The molecule has 3 heteroatoms. The standard InChI is InChI=1S/C16H26N2O/c1-5-13-8-6-7-9-14(13)11-18-15(10-12(2)3)16(19)17-4/h6-9,12,15,18H,5,10-11H2,1-4H3,(H,17,19). The number of likely N-dealkylation sites (N-methyl/N-ethyl adjacent to an activating group) is 1. The van der Waals surface area contributed by atoms with Crippen molar-refractivity contribution >= 4 is 5.91 Å². The third kappa shape index (κ3) is 5.03. The van der Waals surface area contributed by atoms with Gasteiger partial charge >= 0.3 is 0 Å². The van der Waals surface area contributed by atoms with Crippen molar-refractivity contribution in [2.75, 3.05) is 7.05 Å². The minimum Gasteiger partial charge on any atom is -0.358 e. The van der Waals surface area contributed by atoms with Gasteiger partial charge in [-0.2, -0.15) is 0 Å². The van der Waals surface area contributed by atoms with Crippen molar-refractivity contribution in [2.24, 2.45) is 5.92 Å². The monoisotopic (exact) mass is 262 g/mol. The highest BCUT2D eigenvalue weighted by Crippen LogP contribution is 2.11. The third-order valence-electron chi connectivity index (χ3n) is 3.31. The Bertz CT molecular complexity index is 401. The zero-order chi connectivity index (χ0) is 14.3. The van der Waals surface area contributed by atoms with Gasteiger partial charge in [-0.05, 0) is 29.9 Å². The molecular formula is C16H26N2O. The van der Waals surface area contributed by atoms with Crippen molar-refractivity contribution in [3.05, 3.63) is 35.4 Å². The van der Waals surface area contributed by atoms with Crippen molar-refractivity contribution in [3.8, 4) is 0 Å². The lowest BCUT2D eigenvalue weighted by molar-refractivity contribution is -0.123. The predicted octanol–water partition coefficient (Wildman–Crippen LogP) is 2.50. The quantitative estimate of drug-likeness (QED) is 0.792. The molecule has 0 radical (unpaired) electrons. The minimum absolute atomic E-state index is 0.0719. The van der Waals surface area contributed by atoms with Gasteiger partial charge in [-0.25, -0.2) is 0 Å². The molecule has 1 aromatic carbocycles. The summed E-state index contributed by atoms with van der Waals surface area (Å²) in [6, 6.07) is 8.27. The maximum absolute atomic E-state index is 11.8. The summed E-state index contributed by atoms with van der Waals surface area (Å²) in [4.78, 5) is 11.8. The van der Waals surface area contributed by atoms with Crippen molar-refractivity contribution in [2.45, 2.75) is 46.2 Å². The van der Waals surface area contributed by atoms with E-state index in [2.05, 4.69) is 49.6 Å². The first-order valence-electron chi connectivity index (χ1n) is 7.10. The van der Waals surface area contributed by atoms with E-state index in [1.807, 2.05) is 6.07 Å². The molecule has 1 unspecified atom stereocenters. The highest BCUT2D eigenvalue weighted by Gasteiger charge is 2.18. The van der Waals surface area contributed by atoms with Crippen LogP contribution in [0.4, 0.5) is 0 Å². The highest BCUT2D eigenvalue weighted by molar-refractivity contribution is 5.81. The Morgan fingerprint density at radius 3 is 2.37 bits per heavy atom. The minimum atomic E-state index is -0.116. The second-order valence-electron chi connectivity index (χ2n) is 5.30. The molecule has 0 heterocycles. The number of amides is 1. The van der Waals surface area contributed by atoms with Crippen LogP contribution in [0.25, 0.3) is 0 Å². The van der Waals surface area contributed by atoms with E-state index in [9.17, 15) is 4.79 Å². The van der Waals surface area contributed by atoms with Crippen LogP contribution in [-0.4, -0.2) is 19.0 Å². The molecule has 0 aliphatic rings. The second-order valence-corrected chi connectivity index (χ2v) is 5.30. The number of hydrogen-bond acceptors (Lipinski definition) is 2. The Morgan fingerprint density at radius 2 is 1.84 bits per heavy atom. The van der Waals surface area contributed by atoms with Crippen LogP contribution >= 0.6 is 0 Å². The molecule has 0 bridgehead atoms. The Hall–Kier alpha value is -1.35. The van der Waals surface area contributed by atoms with Gasteiger partial charge in [0.15, 0.2) is 0 Å². The molecule has 1 atom stereocenters. The van der Waals surface area contributed by atoms with Crippen LogP contribution in [0.5, 0.6) is 0 Å². The summed E-state index contributed by atoms with van der Waals surface area (Å²) in [5.74, 6) is 0.568. The van der Waals surface area contributed by atoms with E-state index in [0.29, 0.717) is 5.92 Å². The largest absolute Gasteiger partial charge is 0.358 e. The van der Waals surface area contributed by atoms with Gasteiger partial charge < -0.3 is 10.6 Å². The van der Waals surface area contributed by atoms with E-state index < -0.39 is 0 Å². The third-order valence-corrected chi connectivity index (χ3v) is 3.31. The van der Waals surface area contributed by atoms with Gasteiger partial charge in [0.05, 0.1) is 6.04 Å². The maximum Gasteiger partial charge on any atom is 0.236 e. The number of hydrogen-bond donors (Lipinski definition) is 2. The molecule has 0 saturated heterocycles. The van der Waals surface area contributed by atoms with Crippen molar-refractivity contribution in [3.63, 3.8) is 0 Å². The Morgan fingerprint density at radius 1 is 1.21 bits per heavy atom. The first-order valence-corrected chi connectivity index (χ1v) is 7.10. The fraction of sp³-hybridized carbons (Fsp3) is 0.562. The summed E-state index contributed by atoms with van der Waals surface area (Å²) < 4.78 is 0. The molecule has 0 aliphatic carbocycles. The summed E-state index contributed by atoms with van der Waals surface area (Å²) in [5, 5.41) is 6.11. The van der Waals surface area contributed by atoms with Gasteiger partial charge in [0.2, 0.25) is 5.91 Å². The lowest BCUT2D eigenvalue weighted by Gasteiger charge is -2.20. The summed E-state index contributed by atoms with van der Waals surface area (Å²) >= 11 is 0. The van der Waals surface area contributed by atoms with Crippen LogP contribution in [0.3, 0.4) is 0 Å². The number of nitrogens with one attached hydrogen (secondary N) is 2. The van der Waals surface area contributed by atoms with Gasteiger partial charge in [-0.1, -0.05) is 45.0 Å². The van der Waals surface area contributed by atoms with Crippen molar-refractivity contribution < 1.29 is 4.79 Å². The maximum atomic E-state index is 11.8. The summed E-state index contributed by atoms with van der Waals surface area (Å²) in [7, 11) is 1.69. The van der Waals surface area contributed by atoms with Crippen LogP contribution in [0.2, 0.25) is 0 Å². The highest BCUT2D eigenvalue weighted by atomic mass is 16.2. The predicted molar refractivity (Wildman–Crippen MR) is 80.0 cm³/mol. The van der Waals surface area contributed by atoms with Crippen LogP contribution < -0.4 is 10.6 Å². The first-order chi connectivity index (χ1) is 9.08. The van der Waals surface area contributed by atoms with Crippen LogP contribution in [0, 0.1) is 5.92 Å². The van der Waals surface area contributed by atoms with Crippen LogP contribution in [0.1, 0.15) is 38.3 Å². The molecule has 0 aliphatic heterocycles. The van der Waals surface area contributed by atoms with Crippen LogP contribution in [0.15, 0.2) is 24.3 Å². The molecule has 0 saturated carbocycles. The topological polar surface area (TPSA) is 41.1 Å². The van der Waals surface area contributed by atoms with Crippen molar-refractivity contribution in [1.29, 1.82) is 0 Å². The molecule has 2 N–H and O–H groups in total. The lowest BCUT2D eigenvalue weighted by atomic mass is 10.0. The van der Waals surface area contributed by atoms with Gasteiger partial charge in [0.1, 0.15) is 0 Å². The van der Waals surface area contributed by atoms with E-state index in [1.54, 1.807) is 7.05 Å². The van der Waals surface area contributed by atoms with E-state index in [0.717, 1.165) is 19.4 Å². The molecule has 1 amide bonds. The van der Waals surface area contributed by atoms with E-state index >= 15 is 0 Å². The Balaban J connectivity index is 2.67. The zero-order valence-corrected chi connectivity index (χ0v) is 12.5. The summed E-state index contributed by atoms with van der Waals surface area (Å²) in [6.45, 7) is 7.17. The molecule has 0 fully saturated rings. The van der Waals surface area contributed by atoms with Gasteiger partial charge in [0.25, 0.3) is 0 Å². The summed E-state index contributed by atoms with van der Waals surface area (Å²) in [6.07, 6.45) is 1.88. The average Bonchev–Trinajstić information content (AvgIpc) is 2.42.